The van der Waals surface area contributed by atoms with Crippen LogP contribution in [0.1, 0.15) is 18.0 Å². The van der Waals surface area contributed by atoms with Gasteiger partial charge in [-0.1, -0.05) is 6.07 Å². The number of ether oxygens (including phenoxy) is 2. The molecule has 4 rings (SSSR count). The summed E-state index contributed by atoms with van der Waals surface area (Å²) in [7, 11) is 0. The lowest BCUT2D eigenvalue weighted by molar-refractivity contribution is -0.131. The third-order valence-corrected chi connectivity index (χ3v) is 5.08. The topological polar surface area (TPSA) is 56.6 Å². The standard InChI is InChI=1S/C19H21F2N3O3/c20-15-4-2-13(8-16(15)21)3-5-19(25)23-9-17-18(10-23)27-12-14(11-26-17)24-7-1-6-22-24/h1-2,4,6-8,14,17-18H,3,5,9-12H2/t17-,18-/m0/s1. The maximum Gasteiger partial charge on any atom is 0.223 e. The zero-order chi connectivity index (χ0) is 18.8. The van der Waals surface area contributed by atoms with Crippen LogP contribution in [0.3, 0.4) is 0 Å². The van der Waals surface area contributed by atoms with Crippen molar-refractivity contribution < 1.29 is 23.0 Å². The van der Waals surface area contributed by atoms with Gasteiger partial charge in [-0.05, 0) is 30.2 Å². The van der Waals surface area contributed by atoms with E-state index in [1.54, 1.807) is 11.1 Å². The summed E-state index contributed by atoms with van der Waals surface area (Å²) in [6.45, 7) is 1.93. The smallest absolute Gasteiger partial charge is 0.223 e. The van der Waals surface area contributed by atoms with Gasteiger partial charge in [-0.25, -0.2) is 8.78 Å². The Bertz CT molecular complexity index is 784. The second-order valence-corrected chi connectivity index (χ2v) is 6.93. The summed E-state index contributed by atoms with van der Waals surface area (Å²) in [6.07, 6.45) is 3.90. The number of likely N-dealkylation sites (tertiary alicyclic amines) is 1. The minimum absolute atomic E-state index is 0.0307. The highest BCUT2D eigenvalue weighted by Gasteiger charge is 2.39. The molecule has 27 heavy (non-hydrogen) atoms. The highest BCUT2D eigenvalue weighted by Crippen LogP contribution is 2.24. The van der Waals surface area contributed by atoms with Crippen LogP contribution >= 0.6 is 0 Å². The van der Waals surface area contributed by atoms with E-state index in [1.807, 2.05) is 16.9 Å². The first-order chi connectivity index (χ1) is 13.1. The molecule has 3 heterocycles. The van der Waals surface area contributed by atoms with Crippen molar-refractivity contribution in [2.45, 2.75) is 31.1 Å². The second kappa shape index (κ2) is 7.74. The number of hydrogen-bond acceptors (Lipinski definition) is 4. The van der Waals surface area contributed by atoms with Gasteiger partial charge < -0.3 is 14.4 Å². The fourth-order valence-electron chi connectivity index (χ4n) is 3.54. The Morgan fingerprint density at radius 1 is 1.15 bits per heavy atom. The molecule has 0 unspecified atom stereocenters. The Morgan fingerprint density at radius 3 is 2.52 bits per heavy atom. The molecule has 2 fully saturated rings. The molecule has 1 aromatic carbocycles. The Morgan fingerprint density at radius 2 is 1.89 bits per heavy atom. The van der Waals surface area contributed by atoms with Crippen molar-refractivity contribution >= 4 is 5.91 Å². The Labute approximate surface area is 155 Å². The highest BCUT2D eigenvalue weighted by molar-refractivity contribution is 5.77. The van der Waals surface area contributed by atoms with Crippen LogP contribution in [0.2, 0.25) is 0 Å². The Kier molecular flexibility index (Phi) is 5.18. The fourth-order valence-corrected chi connectivity index (χ4v) is 3.54. The van der Waals surface area contributed by atoms with Gasteiger partial charge in [0.1, 0.15) is 12.2 Å². The largest absolute Gasteiger partial charge is 0.371 e. The van der Waals surface area contributed by atoms with Gasteiger partial charge in [0, 0.05) is 31.9 Å². The van der Waals surface area contributed by atoms with E-state index in [4.69, 9.17) is 9.47 Å². The first kappa shape index (κ1) is 18.1. The zero-order valence-corrected chi connectivity index (χ0v) is 14.8. The summed E-state index contributed by atoms with van der Waals surface area (Å²) in [5, 5.41) is 4.23. The number of halogens is 2. The molecule has 2 aromatic rings. The number of carbonyl (C=O) groups excluding carboxylic acids is 1. The van der Waals surface area contributed by atoms with Gasteiger partial charge in [0.05, 0.1) is 19.3 Å². The van der Waals surface area contributed by atoms with Crippen molar-refractivity contribution in [1.82, 2.24) is 14.7 Å². The normalized spacial score (nSPS) is 23.3. The number of benzene rings is 1. The van der Waals surface area contributed by atoms with E-state index >= 15 is 0 Å². The third kappa shape index (κ3) is 4.01. The quantitative estimate of drug-likeness (QED) is 0.818. The number of amides is 1. The van der Waals surface area contributed by atoms with Crippen molar-refractivity contribution in [1.29, 1.82) is 0 Å². The molecule has 0 radical (unpaired) electrons. The molecule has 8 heteroatoms. The summed E-state index contributed by atoms with van der Waals surface area (Å²) in [4.78, 5) is 14.2. The molecule has 2 atom stereocenters. The van der Waals surface area contributed by atoms with Crippen LogP contribution in [0.4, 0.5) is 8.78 Å². The van der Waals surface area contributed by atoms with Crippen molar-refractivity contribution in [3.63, 3.8) is 0 Å². The Hall–Kier alpha value is -2.32. The number of aromatic nitrogens is 2. The number of carbonyl (C=O) groups is 1. The summed E-state index contributed by atoms with van der Waals surface area (Å²) in [6, 6.07) is 5.61. The highest BCUT2D eigenvalue weighted by atomic mass is 19.2. The lowest BCUT2D eigenvalue weighted by Crippen LogP contribution is -2.31. The molecule has 1 aromatic heterocycles. The first-order valence-electron chi connectivity index (χ1n) is 9.04. The van der Waals surface area contributed by atoms with E-state index in [1.165, 1.54) is 6.07 Å². The van der Waals surface area contributed by atoms with Crippen LogP contribution in [-0.2, 0) is 20.7 Å². The minimum atomic E-state index is -0.892. The molecule has 144 valence electrons. The van der Waals surface area contributed by atoms with Crippen LogP contribution in [-0.4, -0.2) is 59.1 Å². The SMILES string of the molecule is O=C(CCc1ccc(F)c(F)c1)N1C[C@@H]2OCC(n3cccn3)CO[C@H]2C1. The molecule has 2 saturated heterocycles. The number of fused-ring (bicyclic) bond motifs is 1. The third-order valence-electron chi connectivity index (χ3n) is 5.08. The molecule has 0 saturated carbocycles. The van der Waals surface area contributed by atoms with E-state index in [0.717, 1.165) is 12.1 Å². The van der Waals surface area contributed by atoms with Gasteiger partial charge >= 0.3 is 0 Å². The van der Waals surface area contributed by atoms with Crippen molar-refractivity contribution in [2.75, 3.05) is 26.3 Å². The fraction of sp³-hybridized carbons (Fsp3) is 0.474. The molecule has 0 bridgehead atoms. The van der Waals surface area contributed by atoms with Gasteiger partial charge in [0.2, 0.25) is 5.91 Å². The van der Waals surface area contributed by atoms with Crippen molar-refractivity contribution in [2.24, 2.45) is 0 Å². The van der Waals surface area contributed by atoms with Gasteiger partial charge in [-0.15, -0.1) is 0 Å². The zero-order valence-electron chi connectivity index (χ0n) is 14.8. The van der Waals surface area contributed by atoms with Crippen molar-refractivity contribution in [3.05, 3.63) is 53.9 Å². The maximum atomic E-state index is 13.3. The van der Waals surface area contributed by atoms with Gasteiger partial charge in [-0.3, -0.25) is 9.48 Å². The number of hydrogen-bond donors (Lipinski definition) is 0. The van der Waals surface area contributed by atoms with Gasteiger partial charge in [0.15, 0.2) is 11.6 Å². The van der Waals surface area contributed by atoms with E-state index in [0.29, 0.717) is 38.3 Å². The number of rotatable bonds is 4. The summed E-state index contributed by atoms with van der Waals surface area (Å²) >= 11 is 0. The van der Waals surface area contributed by atoms with Crippen LogP contribution in [0, 0.1) is 11.6 Å². The summed E-state index contributed by atoms with van der Waals surface area (Å²) < 4.78 is 40.0. The molecular weight excluding hydrogens is 356 g/mol. The van der Waals surface area contributed by atoms with Crippen LogP contribution < -0.4 is 0 Å². The molecule has 2 aliphatic heterocycles. The van der Waals surface area contributed by atoms with Gasteiger partial charge in [-0.2, -0.15) is 5.10 Å². The molecule has 0 N–H and O–H groups in total. The molecular formula is C19H21F2N3O3. The predicted octanol–water partition coefficient (Wildman–Crippen LogP) is 1.96. The first-order valence-corrected chi connectivity index (χ1v) is 9.04. The van der Waals surface area contributed by atoms with E-state index in [9.17, 15) is 13.6 Å². The lowest BCUT2D eigenvalue weighted by Gasteiger charge is -2.19. The van der Waals surface area contributed by atoms with Crippen LogP contribution in [0.25, 0.3) is 0 Å². The summed E-state index contributed by atoms with van der Waals surface area (Å²) in [5.74, 6) is -1.81. The molecule has 2 aliphatic rings. The maximum absolute atomic E-state index is 13.3. The number of aryl methyl sites for hydroxylation is 1. The van der Waals surface area contributed by atoms with Crippen LogP contribution in [0.15, 0.2) is 36.7 Å². The van der Waals surface area contributed by atoms with Crippen LogP contribution in [0.5, 0.6) is 0 Å². The monoisotopic (exact) mass is 377 g/mol. The summed E-state index contributed by atoms with van der Waals surface area (Å²) in [5.41, 5.74) is 0.602. The number of nitrogens with zero attached hydrogens (tertiary/aromatic N) is 3. The minimum Gasteiger partial charge on any atom is -0.371 e. The molecule has 6 nitrogen and oxygen atoms in total. The van der Waals surface area contributed by atoms with E-state index in [2.05, 4.69) is 5.10 Å². The van der Waals surface area contributed by atoms with E-state index < -0.39 is 11.6 Å². The average molecular weight is 377 g/mol. The second-order valence-electron chi connectivity index (χ2n) is 6.93. The van der Waals surface area contributed by atoms with Crippen molar-refractivity contribution in [3.8, 4) is 0 Å². The Balaban J connectivity index is 1.29. The molecule has 1 amide bonds. The molecule has 0 aliphatic carbocycles. The average Bonchev–Trinajstić information content (AvgIpc) is 3.30. The lowest BCUT2D eigenvalue weighted by atomic mass is 10.1. The van der Waals surface area contributed by atoms with E-state index in [-0.39, 0.29) is 30.6 Å². The van der Waals surface area contributed by atoms with Gasteiger partial charge in [0.25, 0.3) is 0 Å². The predicted molar refractivity (Wildman–Crippen MR) is 92.0 cm³/mol. The molecule has 0 spiro atoms.